The summed E-state index contributed by atoms with van der Waals surface area (Å²) in [6.45, 7) is 0. The van der Waals surface area contributed by atoms with E-state index in [2.05, 4.69) is 10.2 Å². The first-order chi connectivity index (χ1) is 8.62. The number of nitrogens with one attached hydrogen (secondary N) is 2. The maximum atomic E-state index is 11.7. The molecule has 1 unspecified atom stereocenters. The highest BCUT2D eigenvalue weighted by Crippen LogP contribution is 2.07. The highest BCUT2D eigenvalue weighted by molar-refractivity contribution is 7.90. The van der Waals surface area contributed by atoms with E-state index in [0.717, 1.165) is 18.6 Å². The smallest absolute Gasteiger partial charge is 0.321 e. The first-order valence-corrected chi connectivity index (χ1v) is 8.58. The summed E-state index contributed by atoms with van der Waals surface area (Å²) in [6, 6.07) is -1.52. The topological polar surface area (TPSA) is 146 Å². The van der Waals surface area contributed by atoms with Gasteiger partial charge in [-0.15, -0.1) is 0 Å². The standard InChI is InChI=1S/C8H13N3O6S2/c1-18(14,15)3-2-7(8(12)13)11-19(16,17)6-4-9-10-5-6/h4-5,7,11H,2-3H2,1H3,(H,9,10)(H,12,13). The van der Waals surface area contributed by atoms with Gasteiger partial charge in [-0.2, -0.15) is 9.82 Å². The quantitative estimate of drug-likeness (QED) is 0.559. The third kappa shape index (κ3) is 4.96. The summed E-state index contributed by atoms with van der Waals surface area (Å²) in [6.07, 6.45) is 2.68. The predicted octanol–water partition coefficient (Wildman–Crippen LogP) is -1.42. The Morgan fingerprint density at radius 3 is 2.53 bits per heavy atom. The Morgan fingerprint density at radius 2 is 2.11 bits per heavy atom. The van der Waals surface area contributed by atoms with Crippen LogP contribution >= 0.6 is 0 Å². The molecule has 19 heavy (non-hydrogen) atoms. The van der Waals surface area contributed by atoms with Crippen molar-refractivity contribution in [2.45, 2.75) is 17.4 Å². The second-order valence-corrected chi connectivity index (χ2v) is 7.84. The fraction of sp³-hybridized carbons (Fsp3) is 0.500. The summed E-state index contributed by atoms with van der Waals surface area (Å²) >= 11 is 0. The Kier molecular flexibility index (Phi) is 4.66. The number of H-pyrrole nitrogens is 1. The van der Waals surface area contributed by atoms with Crippen molar-refractivity contribution in [1.29, 1.82) is 0 Å². The van der Waals surface area contributed by atoms with Crippen LogP contribution in [0.1, 0.15) is 6.42 Å². The van der Waals surface area contributed by atoms with Crippen molar-refractivity contribution >= 4 is 25.8 Å². The van der Waals surface area contributed by atoms with Gasteiger partial charge in [0, 0.05) is 12.5 Å². The molecule has 0 saturated carbocycles. The maximum Gasteiger partial charge on any atom is 0.321 e. The van der Waals surface area contributed by atoms with Gasteiger partial charge in [-0.05, 0) is 6.42 Å². The molecule has 0 saturated heterocycles. The number of rotatable bonds is 7. The van der Waals surface area contributed by atoms with Gasteiger partial charge in [-0.25, -0.2) is 16.8 Å². The number of aliphatic carboxylic acids is 1. The van der Waals surface area contributed by atoms with Crippen LogP contribution in [0, 0.1) is 0 Å². The van der Waals surface area contributed by atoms with Gasteiger partial charge >= 0.3 is 5.97 Å². The average Bonchev–Trinajstić information content (AvgIpc) is 2.76. The molecule has 0 bridgehead atoms. The average molecular weight is 311 g/mol. The molecule has 3 N–H and O–H groups in total. The van der Waals surface area contributed by atoms with Crippen LogP contribution in [0.2, 0.25) is 0 Å². The molecule has 0 spiro atoms. The molecule has 0 radical (unpaired) electrons. The maximum absolute atomic E-state index is 11.7. The number of hydrogen-bond donors (Lipinski definition) is 3. The number of sulfonamides is 1. The Hall–Kier alpha value is -1.46. The Morgan fingerprint density at radius 1 is 1.47 bits per heavy atom. The molecule has 0 aliphatic heterocycles. The largest absolute Gasteiger partial charge is 0.480 e. The van der Waals surface area contributed by atoms with E-state index in [1.807, 2.05) is 4.72 Å². The van der Waals surface area contributed by atoms with Crippen molar-refractivity contribution in [2.75, 3.05) is 12.0 Å². The Bertz CT molecular complexity index is 634. The summed E-state index contributed by atoms with van der Waals surface area (Å²) in [5.41, 5.74) is 0. The van der Waals surface area contributed by atoms with Crippen molar-refractivity contribution in [3.05, 3.63) is 12.4 Å². The first kappa shape index (κ1) is 15.6. The van der Waals surface area contributed by atoms with Gasteiger partial charge in [0.05, 0.1) is 11.9 Å². The number of carbonyl (C=O) groups is 1. The monoisotopic (exact) mass is 311 g/mol. The van der Waals surface area contributed by atoms with Crippen LogP contribution < -0.4 is 4.72 Å². The van der Waals surface area contributed by atoms with Crippen LogP contribution in [0.3, 0.4) is 0 Å². The fourth-order valence-corrected chi connectivity index (χ4v) is 3.00. The van der Waals surface area contributed by atoms with Crippen molar-refractivity contribution < 1.29 is 26.7 Å². The Labute approximate surface area is 110 Å². The number of aromatic nitrogens is 2. The van der Waals surface area contributed by atoms with Crippen molar-refractivity contribution in [2.24, 2.45) is 0 Å². The molecule has 1 aromatic rings. The molecule has 0 aliphatic rings. The van der Waals surface area contributed by atoms with E-state index in [0.29, 0.717) is 0 Å². The van der Waals surface area contributed by atoms with Gasteiger partial charge in [-0.3, -0.25) is 9.89 Å². The van der Waals surface area contributed by atoms with Gasteiger partial charge in [0.25, 0.3) is 0 Å². The molecule has 0 aromatic carbocycles. The Balaban J connectivity index is 2.83. The van der Waals surface area contributed by atoms with Crippen LogP contribution in [0.5, 0.6) is 0 Å². The van der Waals surface area contributed by atoms with E-state index in [4.69, 9.17) is 5.11 Å². The van der Waals surface area contributed by atoms with E-state index < -0.39 is 37.6 Å². The lowest BCUT2D eigenvalue weighted by Crippen LogP contribution is -2.41. The van der Waals surface area contributed by atoms with Crippen molar-refractivity contribution in [3.63, 3.8) is 0 Å². The summed E-state index contributed by atoms with van der Waals surface area (Å²) in [4.78, 5) is 10.7. The summed E-state index contributed by atoms with van der Waals surface area (Å²) in [5, 5.41) is 14.6. The number of sulfone groups is 1. The lowest BCUT2D eigenvalue weighted by molar-refractivity contribution is -0.139. The predicted molar refractivity (Wildman–Crippen MR) is 64.7 cm³/mol. The van der Waals surface area contributed by atoms with Crippen LogP contribution in [0.15, 0.2) is 17.3 Å². The molecule has 1 aromatic heterocycles. The molecule has 1 heterocycles. The summed E-state index contributed by atoms with van der Waals surface area (Å²) in [7, 11) is -7.43. The number of nitrogens with zero attached hydrogens (tertiary/aromatic N) is 1. The number of carboxylic acid groups (broad SMARTS) is 1. The third-order valence-electron chi connectivity index (χ3n) is 2.16. The zero-order valence-electron chi connectivity index (χ0n) is 9.90. The first-order valence-electron chi connectivity index (χ1n) is 5.03. The van der Waals surface area contributed by atoms with Gasteiger partial charge < -0.3 is 5.11 Å². The number of aromatic amines is 1. The van der Waals surface area contributed by atoms with E-state index in [1.54, 1.807) is 0 Å². The molecule has 9 nitrogen and oxygen atoms in total. The van der Waals surface area contributed by atoms with E-state index >= 15 is 0 Å². The minimum atomic E-state index is -4.05. The zero-order chi connectivity index (χ0) is 14.7. The van der Waals surface area contributed by atoms with Gasteiger partial charge in [-0.1, -0.05) is 0 Å². The molecule has 108 valence electrons. The van der Waals surface area contributed by atoms with Gasteiger partial charge in [0.1, 0.15) is 20.8 Å². The van der Waals surface area contributed by atoms with Crippen LogP contribution in [0.25, 0.3) is 0 Å². The lowest BCUT2D eigenvalue weighted by Gasteiger charge is -2.13. The zero-order valence-corrected chi connectivity index (χ0v) is 11.5. The normalized spacial score (nSPS) is 14.2. The van der Waals surface area contributed by atoms with E-state index in [1.165, 1.54) is 0 Å². The summed E-state index contributed by atoms with van der Waals surface area (Å²) < 4.78 is 47.3. The number of carboxylic acids is 1. The molecule has 0 fully saturated rings. The van der Waals surface area contributed by atoms with Crippen molar-refractivity contribution in [3.8, 4) is 0 Å². The SMILES string of the molecule is CS(=O)(=O)CCC(NS(=O)(=O)c1cn[nH]c1)C(=O)O. The molecule has 1 rings (SSSR count). The summed E-state index contributed by atoms with van der Waals surface area (Å²) in [5.74, 6) is -1.88. The highest BCUT2D eigenvalue weighted by atomic mass is 32.2. The second kappa shape index (κ2) is 5.67. The lowest BCUT2D eigenvalue weighted by atomic mass is 10.2. The minimum absolute atomic E-state index is 0.224. The molecular formula is C8H13N3O6S2. The molecule has 1 atom stereocenters. The van der Waals surface area contributed by atoms with Gasteiger partial charge in [0.2, 0.25) is 10.0 Å². The van der Waals surface area contributed by atoms with E-state index in [9.17, 15) is 21.6 Å². The minimum Gasteiger partial charge on any atom is -0.480 e. The van der Waals surface area contributed by atoms with Gasteiger partial charge in [0.15, 0.2) is 0 Å². The van der Waals surface area contributed by atoms with Crippen LogP contribution in [-0.2, 0) is 24.7 Å². The van der Waals surface area contributed by atoms with E-state index in [-0.39, 0.29) is 11.3 Å². The third-order valence-corrected chi connectivity index (χ3v) is 4.57. The van der Waals surface area contributed by atoms with Crippen molar-refractivity contribution in [1.82, 2.24) is 14.9 Å². The molecular weight excluding hydrogens is 298 g/mol. The van der Waals surface area contributed by atoms with Crippen LogP contribution in [-0.4, -0.2) is 56.2 Å². The molecule has 11 heteroatoms. The van der Waals surface area contributed by atoms with Crippen LogP contribution in [0.4, 0.5) is 0 Å². The fourth-order valence-electron chi connectivity index (χ4n) is 1.21. The molecule has 0 amide bonds. The molecule has 0 aliphatic carbocycles. The number of hydrogen-bond acceptors (Lipinski definition) is 6. The highest BCUT2D eigenvalue weighted by Gasteiger charge is 2.26. The second-order valence-electron chi connectivity index (χ2n) is 3.86.